The van der Waals surface area contributed by atoms with Crippen molar-refractivity contribution in [1.29, 1.82) is 0 Å². The van der Waals surface area contributed by atoms with Gasteiger partial charge < -0.3 is 20.5 Å². The highest BCUT2D eigenvalue weighted by Gasteiger charge is 2.22. The monoisotopic (exact) mass is 369 g/mol. The van der Waals surface area contributed by atoms with Crippen LogP contribution < -0.4 is 20.5 Å². The average molecular weight is 369 g/mol. The molecule has 1 aromatic heterocycles. The number of carbonyl (C=O) groups is 1. The van der Waals surface area contributed by atoms with Gasteiger partial charge in [0.1, 0.15) is 30.5 Å². The Morgan fingerprint density at radius 2 is 2.15 bits per heavy atom. The zero-order valence-electron chi connectivity index (χ0n) is 16.3. The lowest BCUT2D eigenvalue weighted by molar-refractivity contribution is -0.114. The molecule has 3 N–H and O–H groups in total. The van der Waals surface area contributed by atoms with Gasteiger partial charge in [0.25, 0.3) is 0 Å². The number of rotatable bonds is 6. The van der Waals surface area contributed by atoms with Crippen molar-refractivity contribution in [2.45, 2.75) is 46.3 Å². The van der Waals surface area contributed by atoms with E-state index in [0.29, 0.717) is 30.7 Å². The molecule has 6 nitrogen and oxygen atoms in total. The molecule has 1 atom stereocenters. The lowest BCUT2D eigenvalue weighted by Crippen LogP contribution is -2.43. The van der Waals surface area contributed by atoms with E-state index in [1.165, 1.54) is 6.92 Å². The number of carbonyl (C=O) groups excluding carboxylic acids is 1. The van der Waals surface area contributed by atoms with Crippen LogP contribution >= 0.6 is 0 Å². The predicted molar refractivity (Wildman–Crippen MR) is 106 cm³/mol. The summed E-state index contributed by atoms with van der Waals surface area (Å²) >= 11 is 0. The molecule has 0 spiro atoms. The van der Waals surface area contributed by atoms with Gasteiger partial charge in [-0.2, -0.15) is 0 Å². The van der Waals surface area contributed by atoms with Gasteiger partial charge in [-0.1, -0.05) is 19.9 Å². The van der Waals surface area contributed by atoms with Crippen molar-refractivity contribution in [3.63, 3.8) is 0 Å². The maximum atomic E-state index is 11.3. The van der Waals surface area contributed by atoms with Crippen molar-refractivity contribution in [1.82, 2.24) is 4.98 Å². The Morgan fingerprint density at radius 3 is 2.85 bits per heavy atom. The van der Waals surface area contributed by atoms with E-state index in [2.05, 4.69) is 24.1 Å². The first kappa shape index (κ1) is 19.2. The molecule has 3 rings (SSSR count). The second-order valence-corrected chi connectivity index (χ2v) is 7.90. The van der Waals surface area contributed by atoms with Crippen LogP contribution in [0.15, 0.2) is 30.5 Å². The number of aromatic nitrogens is 1. The van der Waals surface area contributed by atoms with E-state index in [-0.39, 0.29) is 11.4 Å². The fourth-order valence-corrected chi connectivity index (χ4v) is 3.45. The lowest BCUT2D eigenvalue weighted by atomic mass is 9.93. The topological polar surface area (TPSA) is 86.5 Å². The van der Waals surface area contributed by atoms with Crippen LogP contribution in [0.4, 0.5) is 5.82 Å². The van der Waals surface area contributed by atoms with Crippen molar-refractivity contribution in [2.75, 3.05) is 11.9 Å². The van der Waals surface area contributed by atoms with Crippen LogP contribution in [0, 0.1) is 5.92 Å². The molecule has 2 aromatic rings. The van der Waals surface area contributed by atoms with Gasteiger partial charge in [-0.3, -0.25) is 4.79 Å². The summed E-state index contributed by atoms with van der Waals surface area (Å²) in [4.78, 5) is 15.5. The van der Waals surface area contributed by atoms with Crippen molar-refractivity contribution in [2.24, 2.45) is 11.7 Å². The third-order valence-electron chi connectivity index (χ3n) is 4.36. The number of amides is 1. The SMILES string of the molecule is CC(=O)Nc1cc2c(cn1)OCc1cc(OC[C@](C)(N)CC(C)C)ccc1-2. The van der Waals surface area contributed by atoms with Crippen LogP contribution in [0.1, 0.15) is 39.7 Å². The molecule has 0 radical (unpaired) electrons. The number of hydrogen-bond donors (Lipinski definition) is 2. The summed E-state index contributed by atoms with van der Waals surface area (Å²) in [5, 5.41) is 2.71. The number of nitrogens with zero attached hydrogens (tertiary/aromatic N) is 1. The van der Waals surface area contributed by atoms with E-state index in [1.54, 1.807) is 6.20 Å². The molecular weight excluding hydrogens is 342 g/mol. The minimum absolute atomic E-state index is 0.158. The molecule has 1 amide bonds. The lowest BCUT2D eigenvalue weighted by Gasteiger charge is -2.27. The Kier molecular flexibility index (Phi) is 5.37. The standard InChI is InChI=1S/C21H27N3O3/c1-13(2)9-21(4,22)12-27-16-5-6-17-15(7-16)11-26-19-10-23-20(8-18(17)19)24-14(3)25/h5-8,10,13H,9,11-12,22H2,1-4H3,(H,23,24,25)/t21-/m1/s1. The van der Waals surface area contributed by atoms with E-state index < -0.39 is 0 Å². The third kappa shape index (κ3) is 4.77. The summed E-state index contributed by atoms with van der Waals surface area (Å²) in [7, 11) is 0. The average Bonchev–Trinajstić information content (AvgIpc) is 2.58. The first-order valence-electron chi connectivity index (χ1n) is 9.19. The zero-order valence-corrected chi connectivity index (χ0v) is 16.3. The van der Waals surface area contributed by atoms with E-state index in [4.69, 9.17) is 15.2 Å². The Hall–Kier alpha value is -2.60. The number of nitrogens with one attached hydrogen (secondary N) is 1. The zero-order chi connectivity index (χ0) is 19.6. The van der Waals surface area contributed by atoms with Gasteiger partial charge in [0.15, 0.2) is 0 Å². The minimum atomic E-state index is -0.369. The van der Waals surface area contributed by atoms with Crippen molar-refractivity contribution < 1.29 is 14.3 Å². The summed E-state index contributed by atoms with van der Waals surface area (Å²) < 4.78 is 11.8. The summed E-state index contributed by atoms with van der Waals surface area (Å²) in [6.07, 6.45) is 2.53. The first-order valence-corrected chi connectivity index (χ1v) is 9.19. The number of anilines is 1. The molecule has 0 aliphatic carbocycles. The van der Waals surface area contributed by atoms with Crippen molar-refractivity contribution in [3.05, 3.63) is 36.0 Å². The van der Waals surface area contributed by atoms with Gasteiger partial charge in [-0.15, -0.1) is 0 Å². The highest BCUT2D eigenvalue weighted by Crippen LogP contribution is 2.39. The van der Waals surface area contributed by atoms with E-state index in [1.807, 2.05) is 31.2 Å². The first-order chi connectivity index (χ1) is 12.7. The van der Waals surface area contributed by atoms with Crippen LogP contribution in [-0.2, 0) is 11.4 Å². The molecule has 1 aliphatic heterocycles. The van der Waals surface area contributed by atoms with E-state index >= 15 is 0 Å². The Morgan fingerprint density at radius 1 is 1.37 bits per heavy atom. The summed E-state index contributed by atoms with van der Waals surface area (Å²) in [5.41, 5.74) is 8.95. The Balaban J connectivity index is 1.80. The third-order valence-corrected chi connectivity index (χ3v) is 4.36. The number of nitrogens with two attached hydrogens (primary N) is 1. The van der Waals surface area contributed by atoms with Gasteiger partial charge in [0, 0.05) is 23.6 Å². The maximum absolute atomic E-state index is 11.3. The van der Waals surface area contributed by atoms with Crippen LogP contribution in [0.3, 0.4) is 0 Å². The van der Waals surface area contributed by atoms with Crippen molar-refractivity contribution in [3.8, 4) is 22.6 Å². The number of ether oxygens (including phenoxy) is 2. The molecule has 0 fully saturated rings. The largest absolute Gasteiger partial charge is 0.492 e. The molecule has 0 saturated carbocycles. The van der Waals surface area contributed by atoms with Gasteiger partial charge >= 0.3 is 0 Å². The molecule has 0 unspecified atom stereocenters. The van der Waals surface area contributed by atoms with E-state index in [0.717, 1.165) is 28.9 Å². The van der Waals surface area contributed by atoms with Gasteiger partial charge in [-0.25, -0.2) is 4.98 Å². The summed E-state index contributed by atoms with van der Waals surface area (Å²) in [6, 6.07) is 7.77. The van der Waals surface area contributed by atoms with Gasteiger partial charge in [0.2, 0.25) is 5.91 Å². The number of fused-ring (bicyclic) bond motifs is 3. The summed E-state index contributed by atoms with van der Waals surface area (Å²) in [5.74, 6) is 2.34. The molecule has 144 valence electrons. The molecule has 0 saturated heterocycles. The molecule has 1 aromatic carbocycles. The maximum Gasteiger partial charge on any atom is 0.222 e. The molecular formula is C21H27N3O3. The Bertz CT molecular complexity index is 847. The highest BCUT2D eigenvalue weighted by atomic mass is 16.5. The molecule has 27 heavy (non-hydrogen) atoms. The van der Waals surface area contributed by atoms with Crippen LogP contribution in [0.5, 0.6) is 11.5 Å². The normalized spacial score (nSPS) is 14.6. The number of pyridine rings is 1. The Labute approximate surface area is 160 Å². The molecule has 1 aliphatic rings. The van der Waals surface area contributed by atoms with E-state index in [9.17, 15) is 4.79 Å². The van der Waals surface area contributed by atoms with Crippen LogP contribution in [0.2, 0.25) is 0 Å². The molecule has 0 bridgehead atoms. The number of hydrogen-bond acceptors (Lipinski definition) is 5. The fraction of sp³-hybridized carbons (Fsp3) is 0.429. The second-order valence-electron chi connectivity index (χ2n) is 7.90. The highest BCUT2D eigenvalue weighted by molar-refractivity contribution is 5.89. The van der Waals surface area contributed by atoms with Crippen LogP contribution in [-0.4, -0.2) is 23.0 Å². The van der Waals surface area contributed by atoms with Crippen LogP contribution in [0.25, 0.3) is 11.1 Å². The smallest absolute Gasteiger partial charge is 0.222 e. The van der Waals surface area contributed by atoms with Crippen molar-refractivity contribution >= 4 is 11.7 Å². The molecule has 6 heteroatoms. The second kappa shape index (κ2) is 7.56. The summed E-state index contributed by atoms with van der Waals surface area (Å²) in [6.45, 7) is 8.69. The minimum Gasteiger partial charge on any atom is -0.492 e. The predicted octanol–water partition coefficient (Wildman–Crippen LogP) is 3.74. The molecule has 2 heterocycles. The fourth-order valence-electron chi connectivity index (χ4n) is 3.45. The quantitative estimate of drug-likeness (QED) is 0.810. The number of benzene rings is 1. The van der Waals surface area contributed by atoms with Gasteiger partial charge in [-0.05, 0) is 43.0 Å². The van der Waals surface area contributed by atoms with Gasteiger partial charge in [0.05, 0.1) is 6.20 Å².